The highest BCUT2D eigenvalue weighted by Gasteiger charge is 2.39. The fraction of sp³-hybridized carbons (Fsp3) is 0.464. The van der Waals surface area contributed by atoms with Crippen LogP contribution in [0.15, 0.2) is 64.5 Å². The van der Waals surface area contributed by atoms with E-state index in [4.69, 9.17) is 11.5 Å². The molecular weight excluding hydrogens is 518 g/mol. The van der Waals surface area contributed by atoms with E-state index in [0.717, 1.165) is 11.1 Å². The summed E-state index contributed by atoms with van der Waals surface area (Å²) >= 11 is 0. The molecule has 0 spiro atoms. The van der Waals surface area contributed by atoms with E-state index in [2.05, 4.69) is 9.71 Å². The molecule has 3 rings (SSSR count). The van der Waals surface area contributed by atoms with Gasteiger partial charge in [0.2, 0.25) is 15.9 Å². The first-order chi connectivity index (χ1) is 18.3. The number of carbonyl (C=O) groups excluding carboxylic acids is 1. The van der Waals surface area contributed by atoms with Gasteiger partial charge in [-0.1, -0.05) is 63.2 Å². The molecule has 1 fully saturated rings. The second-order valence-electron chi connectivity index (χ2n) is 10.7. The first kappa shape index (κ1) is 30.1. The molecule has 1 amide bonds. The second-order valence-corrected chi connectivity index (χ2v) is 12.4. The highest BCUT2D eigenvalue weighted by molar-refractivity contribution is 7.89. The number of carboxylic acid groups (broad SMARTS) is 1. The number of nitrogens with two attached hydrogens (primary N) is 2. The van der Waals surface area contributed by atoms with Crippen molar-refractivity contribution in [3.8, 4) is 0 Å². The topological polar surface area (TPSA) is 168 Å². The van der Waals surface area contributed by atoms with E-state index in [9.17, 15) is 23.1 Å². The van der Waals surface area contributed by atoms with Gasteiger partial charge < -0.3 is 21.5 Å². The van der Waals surface area contributed by atoms with Gasteiger partial charge >= 0.3 is 5.97 Å². The number of hydrogen-bond donors (Lipinski definition) is 4. The van der Waals surface area contributed by atoms with Crippen molar-refractivity contribution in [1.82, 2.24) is 9.62 Å². The third-order valence-corrected chi connectivity index (χ3v) is 8.80. The number of likely N-dealkylation sites (tertiary alicyclic amines) is 1. The smallest absolute Gasteiger partial charge is 0.326 e. The number of sulfonamides is 1. The number of carboxylic acids is 1. The molecule has 1 saturated heterocycles. The van der Waals surface area contributed by atoms with E-state index in [-0.39, 0.29) is 36.3 Å². The summed E-state index contributed by atoms with van der Waals surface area (Å²) in [5, 5.41) is 9.77. The van der Waals surface area contributed by atoms with E-state index < -0.39 is 39.4 Å². The van der Waals surface area contributed by atoms with Crippen molar-refractivity contribution < 1.29 is 23.1 Å². The van der Waals surface area contributed by atoms with Crippen LogP contribution in [0.4, 0.5) is 0 Å². The predicted octanol–water partition coefficient (Wildman–Crippen LogP) is 2.42. The van der Waals surface area contributed by atoms with Gasteiger partial charge in [-0.3, -0.25) is 9.79 Å². The number of nitrogens with zero attached hydrogens (tertiary/aromatic N) is 2. The lowest BCUT2D eigenvalue weighted by molar-refractivity contribution is -0.153. The maximum atomic E-state index is 13.6. The molecule has 0 aromatic heterocycles. The number of benzene rings is 2. The summed E-state index contributed by atoms with van der Waals surface area (Å²) in [6.45, 7) is 6.41. The summed E-state index contributed by atoms with van der Waals surface area (Å²) in [6.07, 6.45) is 1.37. The lowest BCUT2D eigenvalue weighted by Crippen LogP contribution is -2.56. The van der Waals surface area contributed by atoms with Crippen LogP contribution < -0.4 is 16.2 Å². The van der Waals surface area contributed by atoms with Crippen molar-refractivity contribution >= 4 is 27.9 Å². The standard InChI is InChI=1S/C28H39N5O5S/c1-19-14-16-33(24(17-19)26(35)36)25(34)23(13-8-15-31-27(29)30)32-39(37,38)22-12-7-11-21(18-22)28(2,3)20-9-5-4-6-10-20/h4-7,9-12,18-19,23-24,32H,8,13-17H2,1-3H3,(H,35,36)(H4,29,30,31)/t19-,23?,24-/m0/s1. The number of hydrogen-bond acceptors (Lipinski definition) is 5. The first-order valence-electron chi connectivity index (χ1n) is 13.1. The number of piperidine rings is 1. The summed E-state index contributed by atoms with van der Waals surface area (Å²) in [5.74, 6) is -1.63. The SMILES string of the molecule is C[C@H]1CCN(C(=O)C(CCCN=C(N)N)NS(=O)(=O)c2cccc(C(C)(C)c3ccccc3)c2)[C@H](C(=O)O)C1. The van der Waals surface area contributed by atoms with Gasteiger partial charge in [0.25, 0.3) is 0 Å². The zero-order valence-corrected chi connectivity index (χ0v) is 23.5. The van der Waals surface area contributed by atoms with Gasteiger partial charge in [0.1, 0.15) is 12.1 Å². The van der Waals surface area contributed by atoms with Crippen LogP contribution in [-0.4, -0.2) is 61.4 Å². The lowest BCUT2D eigenvalue weighted by Gasteiger charge is -2.38. The van der Waals surface area contributed by atoms with Gasteiger partial charge in [-0.2, -0.15) is 4.72 Å². The molecular formula is C28H39N5O5S. The summed E-state index contributed by atoms with van der Waals surface area (Å²) < 4.78 is 29.7. The Kier molecular flexibility index (Phi) is 9.73. The average Bonchev–Trinajstić information content (AvgIpc) is 2.90. The minimum atomic E-state index is -4.14. The van der Waals surface area contributed by atoms with E-state index in [1.807, 2.05) is 57.2 Å². The summed E-state index contributed by atoms with van der Waals surface area (Å²) in [6, 6.07) is 14.2. The van der Waals surface area contributed by atoms with Gasteiger partial charge in [-0.05, 0) is 54.9 Å². The van der Waals surface area contributed by atoms with Gasteiger partial charge in [0.15, 0.2) is 5.96 Å². The van der Waals surface area contributed by atoms with Crippen LogP contribution in [0, 0.1) is 5.92 Å². The minimum absolute atomic E-state index is 0.0214. The Hall–Kier alpha value is -3.44. The third-order valence-electron chi connectivity index (χ3n) is 7.34. The number of rotatable bonds is 11. The minimum Gasteiger partial charge on any atom is -0.480 e. The number of carbonyl (C=O) groups is 2. The largest absolute Gasteiger partial charge is 0.480 e. The molecule has 0 aliphatic carbocycles. The number of aliphatic carboxylic acids is 1. The molecule has 11 heteroatoms. The maximum Gasteiger partial charge on any atom is 0.326 e. The van der Waals surface area contributed by atoms with Crippen LogP contribution in [0.2, 0.25) is 0 Å². The van der Waals surface area contributed by atoms with Crippen molar-refractivity contribution in [2.24, 2.45) is 22.4 Å². The lowest BCUT2D eigenvalue weighted by atomic mass is 9.78. The predicted molar refractivity (Wildman–Crippen MR) is 151 cm³/mol. The van der Waals surface area contributed by atoms with Crippen molar-refractivity contribution in [2.75, 3.05) is 13.1 Å². The maximum absolute atomic E-state index is 13.6. The molecule has 10 nitrogen and oxygen atoms in total. The van der Waals surface area contributed by atoms with Crippen LogP contribution in [0.25, 0.3) is 0 Å². The fourth-order valence-electron chi connectivity index (χ4n) is 4.90. The Morgan fingerprint density at radius 3 is 2.44 bits per heavy atom. The van der Waals surface area contributed by atoms with Crippen LogP contribution in [0.5, 0.6) is 0 Å². The monoisotopic (exact) mass is 557 g/mol. The van der Waals surface area contributed by atoms with Gasteiger partial charge in [0, 0.05) is 18.5 Å². The number of nitrogens with one attached hydrogen (secondary N) is 1. The first-order valence-corrected chi connectivity index (χ1v) is 14.6. The van der Waals surface area contributed by atoms with Crippen molar-refractivity contribution in [2.45, 2.75) is 68.8 Å². The molecule has 0 radical (unpaired) electrons. The molecule has 0 bridgehead atoms. The van der Waals surface area contributed by atoms with E-state index in [0.29, 0.717) is 19.3 Å². The quantitative estimate of drug-likeness (QED) is 0.187. The van der Waals surface area contributed by atoms with Gasteiger partial charge in [0.05, 0.1) is 4.90 Å². The highest BCUT2D eigenvalue weighted by Crippen LogP contribution is 2.32. The van der Waals surface area contributed by atoms with Gasteiger partial charge in [-0.25, -0.2) is 13.2 Å². The van der Waals surface area contributed by atoms with Crippen LogP contribution in [0.1, 0.15) is 57.6 Å². The Morgan fingerprint density at radius 2 is 1.79 bits per heavy atom. The number of guanidine groups is 1. The van der Waals surface area contributed by atoms with E-state index in [1.54, 1.807) is 12.1 Å². The Labute approximate surface area is 230 Å². The average molecular weight is 558 g/mol. The molecule has 212 valence electrons. The normalized spacial score (nSPS) is 18.8. The molecule has 6 N–H and O–H groups in total. The Morgan fingerprint density at radius 1 is 1.13 bits per heavy atom. The summed E-state index contributed by atoms with van der Waals surface area (Å²) in [5.41, 5.74) is 12.1. The molecule has 1 aliphatic heterocycles. The molecule has 3 atom stereocenters. The number of aliphatic imine (C=N–C) groups is 1. The Balaban J connectivity index is 1.90. The van der Waals surface area contributed by atoms with Gasteiger partial charge in [-0.15, -0.1) is 0 Å². The number of amides is 1. The van der Waals surface area contributed by atoms with E-state index >= 15 is 0 Å². The van der Waals surface area contributed by atoms with Crippen molar-refractivity contribution in [3.63, 3.8) is 0 Å². The third kappa shape index (κ3) is 7.57. The van der Waals surface area contributed by atoms with Crippen molar-refractivity contribution in [1.29, 1.82) is 0 Å². The van der Waals surface area contributed by atoms with Crippen molar-refractivity contribution in [3.05, 3.63) is 65.7 Å². The zero-order chi connectivity index (χ0) is 28.8. The van der Waals surface area contributed by atoms with Crippen LogP contribution >= 0.6 is 0 Å². The fourth-order valence-corrected chi connectivity index (χ4v) is 6.17. The highest BCUT2D eigenvalue weighted by atomic mass is 32.2. The summed E-state index contributed by atoms with van der Waals surface area (Å²) in [7, 11) is -4.14. The van der Waals surface area contributed by atoms with E-state index in [1.165, 1.54) is 11.0 Å². The molecule has 39 heavy (non-hydrogen) atoms. The molecule has 2 aromatic carbocycles. The molecule has 1 unspecified atom stereocenters. The Bertz CT molecular complexity index is 1290. The molecule has 2 aromatic rings. The second kappa shape index (κ2) is 12.6. The summed E-state index contributed by atoms with van der Waals surface area (Å²) in [4.78, 5) is 30.8. The molecule has 1 aliphatic rings. The molecule has 0 saturated carbocycles. The van der Waals surface area contributed by atoms with Crippen LogP contribution in [0.3, 0.4) is 0 Å². The molecule has 1 heterocycles. The van der Waals surface area contributed by atoms with Crippen LogP contribution in [-0.2, 0) is 25.0 Å². The zero-order valence-electron chi connectivity index (χ0n) is 22.7.